The number of aliphatic hydroxyl groups excluding tert-OH is 1. The highest BCUT2D eigenvalue weighted by atomic mass is 19.1. The third kappa shape index (κ3) is 5.15. The van der Waals surface area contributed by atoms with Crippen LogP contribution in [0.4, 0.5) is 4.39 Å². The van der Waals surface area contributed by atoms with Crippen molar-refractivity contribution < 1.29 is 9.50 Å². The van der Waals surface area contributed by atoms with E-state index in [1.807, 2.05) is 0 Å². The molecule has 0 saturated heterocycles. The highest BCUT2D eigenvalue weighted by Crippen LogP contribution is 2.21. The fraction of sp³-hybridized carbons (Fsp3) is 0.667. The van der Waals surface area contributed by atoms with E-state index in [4.69, 9.17) is 5.11 Å². The molecule has 0 aromatic carbocycles. The number of likely N-dealkylation sites (N-methyl/N-ethyl adjacent to an activating group) is 1. The van der Waals surface area contributed by atoms with Crippen LogP contribution in [0.1, 0.15) is 32.5 Å². The Morgan fingerprint density at radius 1 is 1.40 bits per heavy atom. The van der Waals surface area contributed by atoms with Gasteiger partial charge in [0.15, 0.2) is 0 Å². The Morgan fingerprint density at radius 3 is 2.65 bits per heavy atom. The van der Waals surface area contributed by atoms with Crippen molar-refractivity contribution in [2.45, 2.75) is 26.8 Å². The molecule has 4 nitrogen and oxygen atoms in total. The monoisotopic (exact) mass is 283 g/mol. The highest BCUT2D eigenvalue weighted by Gasteiger charge is 2.21. The smallest absolute Gasteiger partial charge is 0.141 e. The van der Waals surface area contributed by atoms with Gasteiger partial charge in [-0.25, -0.2) is 4.39 Å². The van der Waals surface area contributed by atoms with E-state index in [0.29, 0.717) is 12.5 Å². The predicted octanol–water partition coefficient (Wildman–Crippen LogP) is 1.82. The van der Waals surface area contributed by atoms with Gasteiger partial charge in [0, 0.05) is 13.1 Å². The maximum Gasteiger partial charge on any atom is 0.141 e. The topological polar surface area (TPSA) is 48.4 Å². The maximum atomic E-state index is 13.0. The van der Waals surface area contributed by atoms with Gasteiger partial charge in [0.1, 0.15) is 5.82 Å². The van der Waals surface area contributed by atoms with Crippen LogP contribution >= 0.6 is 0 Å². The lowest BCUT2D eigenvalue weighted by Crippen LogP contribution is -2.37. The van der Waals surface area contributed by atoms with E-state index in [1.165, 1.54) is 12.3 Å². The molecule has 2 atom stereocenters. The molecule has 1 rings (SSSR count). The van der Waals surface area contributed by atoms with E-state index in [0.717, 1.165) is 25.3 Å². The molecular formula is C15H26FN3O. The Hall–Kier alpha value is -1.04. The summed E-state index contributed by atoms with van der Waals surface area (Å²) in [4.78, 5) is 6.40. The van der Waals surface area contributed by atoms with Crippen LogP contribution in [0.25, 0.3) is 0 Å². The average Bonchev–Trinajstić information content (AvgIpc) is 2.45. The molecule has 1 aromatic heterocycles. The van der Waals surface area contributed by atoms with Crippen molar-refractivity contribution in [1.29, 1.82) is 0 Å². The summed E-state index contributed by atoms with van der Waals surface area (Å²) in [7, 11) is 0. The molecule has 0 saturated carbocycles. The first kappa shape index (κ1) is 17.0. The SMILES string of the molecule is CCNC(c1ccc(F)cn1)C(C)CN(CC)CCO. The second kappa shape index (κ2) is 9.00. The maximum absolute atomic E-state index is 13.0. The molecular weight excluding hydrogens is 257 g/mol. The fourth-order valence-electron chi connectivity index (χ4n) is 2.42. The first-order valence-electron chi connectivity index (χ1n) is 7.30. The molecule has 0 fully saturated rings. The quantitative estimate of drug-likeness (QED) is 0.726. The van der Waals surface area contributed by atoms with Crippen molar-refractivity contribution in [1.82, 2.24) is 15.2 Å². The van der Waals surface area contributed by atoms with Gasteiger partial charge in [-0.2, -0.15) is 0 Å². The van der Waals surface area contributed by atoms with E-state index in [1.54, 1.807) is 6.07 Å². The van der Waals surface area contributed by atoms with Gasteiger partial charge in [-0.05, 0) is 31.1 Å². The Morgan fingerprint density at radius 2 is 2.15 bits per heavy atom. The minimum atomic E-state index is -0.313. The van der Waals surface area contributed by atoms with Crippen LogP contribution in [0.15, 0.2) is 18.3 Å². The van der Waals surface area contributed by atoms with Gasteiger partial charge in [-0.1, -0.05) is 20.8 Å². The Labute approximate surface area is 121 Å². The molecule has 2 unspecified atom stereocenters. The van der Waals surface area contributed by atoms with Crippen LogP contribution in [-0.2, 0) is 0 Å². The summed E-state index contributed by atoms with van der Waals surface area (Å²) in [5.41, 5.74) is 0.862. The molecule has 0 aliphatic heterocycles. The van der Waals surface area contributed by atoms with Gasteiger partial charge in [-0.15, -0.1) is 0 Å². The Bertz CT molecular complexity index is 372. The van der Waals surface area contributed by atoms with Crippen LogP contribution in [0.5, 0.6) is 0 Å². The standard InChI is InChI=1S/C15H26FN3O/c1-4-17-15(14-7-6-13(16)10-18-14)12(3)11-19(5-2)8-9-20/h6-7,10,12,15,17,20H,4-5,8-9,11H2,1-3H3. The summed E-state index contributed by atoms with van der Waals surface area (Å²) in [6.07, 6.45) is 1.26. The molecule has 0 bridgehead atoms. The summed E-state index contributed by atoms with van der Waals surface area (Å²) >= 11 is 0. The van der Waals surface area contributed by atoms with Crippen molar-refractivity contribution in [2.75, 3.05) is 32.8 Å². The Kier molecular flexibility index (Phi) is 7.65. The molecule has 1 aromatic rings. The number of halogens is 1. The summed E-state index contributed by atoms with van der Waals surface area (Å²) in [6.45, 7) is 9.74. The van der Waals surface area contributed by atoms with Gasteiger partial charge >= 0.3 is 0 Å². The number of hydrogen-bond donors (Lipinski definition) is 2. The molecule has 0 aliphatic carbocycles. The number of hydrogen-bond acceptors (Lipinski definition) is 4. The van der Waals surface area contributed by atoms with E-state index >= 15 is 0 Å². The van der Waals surface area contributed by atoms with Crippen molar-refractivity contribution in [2.24, 2.45) is 5.92 Å². The van der Waals surface area contributed by atoms with Crippen LogP contribution in [0.2, 0.25) is 0 Å². The number of nitrogens with zero attached hydrogens (tertiary/aromatic N) is 2. The van der Waals surface area contributed by atoms with Crippen LogP contribution in [0.3, 0.4) is 0 Å². The lowest BCUT2D eigenvalue weighted by Gasteiger charge is -2.29. The molecule has 20 heavy (non-hydrogen) atoms. The molecule has 0 amide bonds. The largest absolute Gasteiger partial charge is 0.395 e. The van der Waals surface area contributed by atoms with Crippen LogP contribution in [-0.4, -0.2) is 47.8 Å². The van der Waals surface area contributed by atoms with Gasteiger partial charge < -0.3 is 15.3 Å². The molecule has 114 valence electrons. The number of pyridine rings is 1. The highest BCUT2D eigenvalue weighted by molar-refractivity contribution is 5.11. The third-order valence-corrected chi connectivity index (χ3v) is 3.47. The zero-order chi connectivity index (χ0) is 15.0. The van der Waals surface area contributed by atoms with Crippen molar-refractivity contribution >= 4 is 0 Å². The first-order chi connectivity index (χ1) is 9.62. The summed E-state index contributed by atoms with van der Waals surface area (Å²) < 4.78 is 13.0. The lowest BCUT2D eigenvalue weighted by atomic mass is 9.97. The number of rotatable bonds is 9. The number of nitrogens with one attached hydrogen (secondary N) is 1. The molecule has 0 aliphatic rings. The van der Waals surface area contributed by atoms with Crippen LogP contribution in [0, 0.1) is 11.7 Å². The van der Waals surface area contributed by atoms with Crippen molar-refractivity contribution in [3.8, 4) is 0 Å². The summed E-state index contributed by atoms with van der Waals surface area (Å²) in [5.74, 6) is 0.00604. The predicted molar refractivity (Wildman–Crippen MR) is 79.0 cm³/mol. The number of aromatic nitrogens is 1. The van der Waals surface area contributed by atoms with E-state index in [-0.39, 0.29) is 18.5 Å². The fourth-order valence-corrected chi connectivity index (χ4v) is 2.42. The average molecular weight is 283 g/mol. The normalized spacial score (nSPS) is 14.5. The second-order valence-corrected chi connectivity index (χ2v) is 5.03. The van der Waals surface area contributed by atoms with Gasteiger partial charge in [0.25, 0.3) is 0 Å². The molecule has 0 spiro atoms. The van der Waals surface area contributed by atoms with Crippen molar-refractivity contribution in [3.05, 3.63) is 29.8 Å². The van der Waals surface area contributed by atoms with E-state index in [9.17, 15) is 4.39 Å². The van der Waals surface area contributed by atoms with E-state index < -0.39 is 0 Å². The van der Waals surface area contributed by atoms with Crippen LogP contribution < -0.4 is 5.32 Å². The molecule has 1 heterocycles. The van der Waals surface area contributed by atoms with Crippen molar-refractivity contribution in [3.63, 3.8) is 0 Å². The minimum Gasteiger partial charge on any atom is -0.395 e. The summed E-state index contributed by atoms with van der Waals surface area (Å²) in [6, 6.07) is 3.28. The zero-order valence-corrected chi connectivity index (χ0v) is 12.6. The third-order valence-electron chi connectivity index (χ3n) is 3.47. The van der Waals surface area contributed by atoms with Gasteiger partial charge in [-0.3, -0.25) is 4.98 Å². The molecule has 5 heteroatoms. The van der Waals surface area contributed by atoms with Gasteiger partial charge in [0.2, 0.25) is 0 Å². The zero-order valence-electron chi connectivity index (χ0n) is 12.6. The molecule has 2 N–H and O–H groups in total. The number of aliphatic hydroxyl groups is 1. The molecule has 0 radical (unpaired) electrons. The summed E-state index contributed by atoms with van der Waals surface area (Å²) in [5, 5.41) is 12.5. The lowest BCUT2D eigenvalue weighted by molar-refractivity contribution is 0.171. The second-order valence-electron chi connectivity index (χ2n) is 5.03. The minimum absolute atomic E-state index is 0.0911. The van der Waals surface area contributed by atoms with E-state index in [2.05, 4.69) is 36.0 Å². The first-order valence-corrected chi connectivity index (χ1v) is 7.30. The van der Waals surface area contributed by atoms with Gasteiger partial charge in [0.05, 0.1) is 24.5 Å². The Balaban J connectivity index is 2.76.